The van der Waals surface area contributed by atoms with Crippen molar-refractivity contribution in [2.24, 2.45) is 0 Å². The Morgan fingerprint density at radius 2 is 1.70 bits per heavy atom. The number of anilines is 1. The average molecular weight is 373 g/mol. The first-order valence-electron chi connectivity index (χ1n) is 8.40. The number of hydrogen-bond acceptors (Lipinski definition) is 5. The number of aryl methyl sites for hydroxylation is 1. The van der Waals surface area contributed by atoms with E-state index >= 15 is 0 Å². The molecule has 0 bridgehead atoms. The molecule has 1 amide bonds. The maximum absolute atomic E-state index is 12.2. The number of benzene rings is 2. The van der Waals surface area contributed by atoms with Crippen LogP contribution < -0.4 is 19.5 Å². The van der Waals surface area contributed by atoms with Gasteiger partial charge in [0.05, 0.1) is 32.6 Å². The van der Waals surface area contributed by atoms with Crippen molar-refractivity contribution in [2.45, 2.75) is 19.3 Å². The number of carboxylic acid groups (broad SMARTS) is 1. The highest BCUT2D eigenvalue weighted by molar-refractivity contribution is 5.94. The SMILES string of the molecule is COc1ccc(CCCC(=O)Nc2ccc(C(=O)O)cc2OC)c(OC)c1. The normalized spacial score (nSPS) is 10.2. The van der Waals surface area contributed by atoms with Crippen molar-refractivity contribution in [1.29, 1.82) is 0 Å². The van der Waals surface area contributed by atoms with Crippen molar-refractivity contribution in [3.63, 3.8) is 0 Å². The van der Waals surface area contributed by atoms with Gasteiger partial charge < -0.3 is 24.6 Å². The van der Waals surface area contributed by atoms with E-state index in [0.29, 0.717) is 36.4 Å². The number of carbonyl (C=O) groups excluding carboxylic acids is 1. The van der Waals surface area contributed by atoms with E-state index in [1.165, 1.54) is 25.3 Å². The van der Waals surface area contributed by atoms with E-state index in [4.69, 9.17) is 19.3 Å². The van der Waals surface area contributed by atoms with Crippen molar-refractivity contribution < 1.29 is 28.9 Å². The molecule has 0 aliphatic carbocycles. The number of amides is 1. The van der Waals surface area contributed by atoms with Crippen molar-refractivity contribution >= 4 is 17.6 Å². The highest BCUT2D eigenvalue weighted by Crippen LogP contribution is 2.27. The molecule has 144 valence electrons. The molecular weight excluding hydrogens is 350 g/mol. The number of carbonyl (C=O) groups is 2. The second kappa shape index (κ2) is 9.47. The average Bonchev–Trinajstić information content (AvgIpc) is 2.68. The van der Waals surface area contributed by atoms with Gasteiger partial charge in [0, 0.05) is 12.5 Å². The van der Waals surface area contributed by atoms with E-state index in [-0.39, 0.29) is 11.5 Å². The number of aromatic carboxylic acids is 1. The summed E-state index contributed by atoms with van der Waals surface area (Å²) in [5.74, 6) is 0.509. The summed E-state index contributed by atoms with van der Waals surface area (Å²) >= 11 is 0. The summed E-state index contributed by atoms with van der Waals surface area (Å²) in [6, 6.07) is 9.90. The lowest BCUT2D eigenvalue weighted by Crippen LogP contribution is -2.13. The molecule has 0 aliphatic rings. The van der Waals surface area contributed by atoms with Crippen LogP contribution in [0.25, 0.3) is 0 Å². The predicted octanol–water partition coefficient (Wildman–Crippen LogP) is 3.37. The Hall–Kier alpha value is -3.22. The van der Waals surface area contributed by atoms with E-state index in [9.17, 15) is 9.59 Å². The van der Waals surface area contributed by atoms with Crippen LogP contribution in [0.3, 0.4) is 0 Å². The molecule has 7 nitrogen and oxygen atoms in total. The van der Waals surface area contributed by atoms with E-state index in [0.717, 1.165) is 11.3 Å². The second-order valence-corrected chi connectivity index (χ2v) is 5.80. The smallest absolute Gasteiger partial charge is 0.335 e. The Bertz CT molecular complexity index is 818. The molecule has 2 rings (SSSR count). The van der Waals surface area contributed by atoms with Crippen LogP contribution in [-0.2, 0) is 11.2 Å². The molecule has 0 fully saturated rings. The zero-order valence-corrected chi connectivity index (χ0v) is 15.6. The lowest BCUT2D eigenvalue weighted by Gasteiger charge is -2.12. The lowest BCUT2D eigenvalue weighted by molar-refractivity contribution is -0.116. The van der Waals surface area contributed by atoms with Gasteiger partial charge in [-0.1, -0.05) is 6.07 Å². The first-order valence-corrected chi connectivity index (χ1v) is 8.40. The summed E-state index contributed by atoms with van der Waals surface area (Å²) in [5.41, 5.74) is 1.53. The topological polar surface area (TPSA) is 94.1 Å². The number of hydrogen-bond donors (Lipinski definition) is 2. The number of ether oxygens (including phenoxy) is 3. The molecule has 0 unspecified atom stereocenters. The van der Waals surface area contributed by atoms with Gasteiger partial charge in [-0.3, -0.25) is 4.79 Å². The molecule has 0 atom stereocenters. The van der Waals surface area contributed by atoms with Crippen molar-refractivity contribution in [2.75, 3.05) is 26.6 Å². The minimum atomic E-state index is -1.06. The van der Waals surface area contributed by atoms with Crippen LogP contribution >= 0.6 is 0 Å². The maximum Gasteiger partial charge on any atom is 0.335 e. The maximum atomic E-state index is 12.2. The summed E-state index contributed by atoms with van der Waals surface area (Å²) in [7, 11) is 4.61. The van der Waals surface area contributed by atoms with Gasteiger partial charge in [-0.05, 0) is 42.7 Å². The summed E-state index contributed by atoms with van der Waals surface area (Å²) < 4.78 is 15.7. The third kappa shape index (κ3) is 5.37. The fourth-order valence-electron chi connectivity index (χ4n) is 2.64. The highest BCUT2D eigenvalue weighted by Gasteiger charge is 2.12. The van der Waals surface area contributed by atoms with E-state index in [2.05, 4.69) is 5.32 Å². The fraction of sp³-hybridized carbons (Fsp3) is 0.300. The van der Waals surface area contributed by atoms with Crippen LogP contribution in [0.1, 0.15) is 28.8 Å². The fourth-order valence-corrected chi connectivity index (χ4v) is 2.64. The number of nitrogens with one attached hydrogen (secondary N) is 1. The molecule has 0 spiro atoms. The van der Waals surface area contributed by atoms with Crippen LogP contribution in [0.15, 0.2) is 36.4 Å². The van der Waals surface area contributed by atoms with Gasteiger partial charge in [0.2, 0.25) is 5.91 Å². The van der Waals surface area contributed by atoms with Crippen LogP contribution in [0.2, 0.25) is 0 Å². The summed E-state index contributed by atoms with van der Waals surface area (Å²) in [6.45, 7) is 0. The number of methoxy groups -OCH3 is 3. The van der Waals surface area contributed by atoms with Gasteiger partial charge in [0.15, 0.2) is 0 Å². The predicted molar refractivity (Wildman–Crippen MR) is 101 cm³/mol. The van der Waals surface area contributed by atoms with Crippen molar-refractivity contribution in [3.8, 4) is 17.2 Å². The largest absolute Gasteiger partial charge is 0.497 e. The Kier molecular flexibility index (Phi) is 7.05. The second-order valence-electron chi connectivity index (χ2n) is 5.80. The number of rotatable bonds is 9. The Balaban J connectivity index is 1.94. The molecule has 2 aromatic rings. The van der Waals surface area contributed by atoms with Crippen molar-refractivity contribution in [1.82, 2.24) is 0 Å². The Morgan fingerprint density at radius 1 is 0.963 bits per heavy atom. The molecular formula is C20H23NO6. The Labute approximate surface area is 157 Å². The van der Waals surface area contributed by atoms with Crippen LogP contribution in [-0.4, -0.2) is 38.3 Å². The summed E-state index contributed by atoms with van der Waals surface area (Å²) in [6.07, 6.45) is 1.61. The monoisotopic (exact) mass is 373 g/mol. The summed E-state index contributed by atoms with van der Waals surface area (Å²) in [4.78, 5) is 23.2. The van der Waals surface area contributed by atoms with Crippen LogP contribution in [0, 0.1) is 0 Å². The molecule has 2 N–H and O–H groups in total. The molecule has 0 radical (unpaired) electrons. The van der Waals surface area contributed by atoms with Crippen molar-refractivity contribution in [3.05, 3.63) is 47.5 Å². The first kappa shape index (κ1) is 20.1. The molecule has 0 saturated heterocycles. The van der Waals surface area contributed by atoms with E-state index in [1.54, 1.807) is 14.2 Å². The zero-order chi connectivity index (χ0) is 19.8. The van der Waals surface area contributed by atoms with Gasteiger partial charge >= 0.3 is 5.97 Å². The third-order valence-electron chi connectivity index (χ3n) is 4.07. The van der Waals surface area contributed by atoms with Gasteiger partial charge in [0.1, 0.15) is 17.2 Å². The number of carboxylic acids is 1. The molecule has 27 heavy (non-hydrogen) atoms. The van der Waals surface area contributed by atoms with Gasteiger partial charge in [-0.15, -0.1) is 0 Å². The quantitative estimate of drug-likeness (QED) is 0.700. The Morgan fingerprint density at radius 3 is 2.33 bits per heavy atom. The van der Waals surface area contributed by atoms with Crippen LogP contribution in [0.4, 0.5) is 5.69 Å². The first-order chi connectivity index (χ1) is 13.0. The minimum Gasteiger partial charge on any atom is -0.497 e. The van der Waals surface area contributed by atoms with Gasteiger partial charge in [-0.25, -0.2) is 4.79 Å². The molecule has 7 heteroatoms. The standard InChI is InChI=1S/C20H23NO6/c1-25-15-9-7-13(17(12-15)26-2)5-4-6-19(22)21-16-10-8-14(20(23)24)11-18(16)27-3/h7-12H,4-6H2,1-3H3,(H,21,22)(H,23,24). The van der Waals surface area contributed by atoms with Gasteiger partial charge in [0.25, 0.3) is 0 Å². The lowest BCUT2D eigenvalue weighted by atomic mass is 10.1. The van der Waals surface area contributed by atoms with Crippen LogP contribution in [0.5, 0.6) is 17.2 Å². The third-order valence-corrected chi connectivity index (χ3v) is 4.07. The van der Waals surface area contributed by atoms with E-state index < -0.39 is 5.97 Å². The molecule has 0 aliphatic heterocycles. The zero-order valence-electron chi connectivity index (χ0n) is 15.6. The minimum absolute atomic E-state index is 0.0939. The molecule has 0 aromatic heterocycles. The molecule has 0 heterocycles. The molecule has 2 aromatic carbocycles. The summed E-state index contributed by atoms with van der Waals surface area (Å²) in [5, 5.41) is 11.8. The highest BCUT2D eigenvalue weighted by atomic mass is 16.5. The molecule has 0 saturated carbocycles. The van der Waals surface area contributed by atoms with Gasteiger partial charge in [-0.2, -0.15) is 0 Å². The van der Waals surface area contributed by atoms with E-state index in [1.807, 2.05) is 18.2 Å².